The normalized spacial score (nSPS) is 23.9. The fourth-order valence-corrected chi connectivity index (χ4v) is 4.34. The van der Waals surface area contributed by atoms with Crippen LogP contribution in [-0.2, 0) is 6.42 Å². The number of nitrogens with one attached hydrogen (secondary N) is 2. The second-order valence-electron chi connectivity index (χ2n) is 8.52. The number of ether oxygens (including phenoxy) is 1. The van der Waals surface area contributed by atoms with Gasteiger partial charge in [0.15, 0.2) is 5.82 Å². The van der Waals surface area contributed by atoms with E-state index < -0.39 is 12.2 Å². The molecule has 2 atom stereocenters. The molecule has 2 N–H and O–H groups in total. The number of hydrogen-bond acceptors (Lipinski definition) is 5. The number of likely N-dealkylation sites (N-methyl/N-ethyl adjacent to an activating group) is 1. The van der Waals surface area contributed by atoms with Gasteiger partial charge >= 0.3 is 5.96 Å². The van der Waals surface area contributed by atoms with E-state index in [1.807, 2.05) is 6.92 Å². The molecule has 0 saturated carbocycles. The van der Waals surface area contributed by atoms with E-state index in [-0.39, 0.29) is 11.7 Å². The summed E-state index contributed by atoms with van der Waals surface area (Å²) in [6.07, 6.45) is 3.40. The number of fused-ring (bicyclic) bond motifs is 1. The van der Waals surface area contributed by atoms with Crippen molar-refractivity contribution in [1.82, 2.24) is 19.8 Å². The van der Waals surface area contributed by atoms with E-state index in [0.717, 1.165) is 43.5 Å². The molecule has 8 heteroatoms. The summed E-state index contributed by atoms with van der Waals surface area (Å²) in [5.74, 6) is 1.02. The van der Waals surface area contributed by atoms with Crippen LogP contribution in [0.15, 0.2) is 12.1 Å². The molecule has 0 radical (unpaired) electrons. The van der Waals surface area contributed by atoms with Crippen LogP contribution in [0.1, 0.15) is 37.8 Å². The van der Waals surface area contributed by atoms with Crippen LogP contribution in [-0.4, -0.2) is 74.1 Å². The first-order valence-corrected chi connectivity index (χ1v) is 11.1. The molecule has 1 aromatic rings. The summed E-state index contributed by atoms with van der Waals surface area (Å²) in [6, 6.07) is 1.38. The van der Waals surface area contributed by atoms with Gasteiger partial charge in [-0.05, 0) is 51.9 Å². The zero-order valence-corrected chi connectivity index (χ0v) is 18.8. The maximum atomic E-state index is 15.9. The molecule has 0 amide bonds. The highest BCUT2D eigenvalue weighted by atomic mass is 19.1. The van der Waals surface area contributed by atoms with Crippen molar-refractivity contribution in [3.05, 3.63) is 29.1 Å². The van der Waals surface area contributed by atoms with E-state index in [0.29, 0.717) is 36.1 Å². The smallest absolute Gasteiger partial charge is 0.402 e. The van der Waals surface area contributed by atoms with Crippen LogP contribution >= 0.6 is 0 Å². The van der Waals surface area contributed by atoms with Crippen molar-refractivity contribution in [3.63, 3.8) is 0 Å². The van der Waals surface area contributed by atoms with Crippen LogP contribution < -0.4 is 20.0 Å². The summed E-state index contributed by atoms with van der Waals surface area (Å²) >= 11 is 0. The van der Waals surface area contributed by atoms with E-state index in [1.54, 1.807) is 24.9 Å². The summed E-state index contributed by atoms with van der Waals surface area (Å²) in [5.41, 5.74) is 2.88. The Hall–Kier alpha value is -2.57. The third-order valence-corrected chi connectivity index (χ3v) is 6.33. The van der Waals surface area contributed by atoms with Crippen LogP contribution in [0.5, 0.6) is 5.75 Å². The number of hydrogen-bond donors (Lipinski definition) is 2. The zero-order chi connectivity index (χ0) is 22.1. The summed E-state index contributed by atoms with van der Waals surface area (Å²) in [5, 5.41) is 6.14. The Morgan fingerprint density at radius 3 is 2.87 bits per heavy atom. The van der Waals surface area contributed by atoms with Gasteiger partial charge in [-0.15, -0.1) is 0 Å². The molecular weight excluding hydrogens is 400 g/mol. The highest BCUT2D eigenvalue weighted by Crippen LogP contribution is 2.41. The first-order chi connectivity index (χ1) is 14.9. The standard InChI is InChI=1S/C23H31F2N5O/c1-5-26-22-19(24)14(2)30(4)23(28-22)27-17-13-16-9-12-31-21(16)18(20(17)25)15-7-6-10-29(3)11-8-15/h8,13-14,19H,5-7,9-12H2,1-4H3,(H,26,27,28)/p+1. The number of rotatable bonds is 3. The molecule has 6 nitrogen and oxygen atoms in total. The maximum Gasteiger partial charge on any atom is 0.402 e. The predicted molar refractivity (Wildman–Crippen MR) is 122 cm³/mol. The molecule has 3 heterocycles. The van der Waals surface area contributed by atoms with Crippen molar-refractivity contribution in [2.24, 2.45) is 0 Å². The number of amidine groups is 1. The number of nitrogens with zero attached hydrogens (tertiary/aromatic N) is 3. The van der Waals surface area contributed by atoms with Crippen LogP contribution in [0.2, 0.25) is 0 Å². The average Bonchev–Trinajstić information content (AvgIpc) is 3.10. The molecule has 3 aliphatic rings. The van der Waals surface area contributed by atoms with E-state index in [4.69, 9.17) is 4.74 Å². The first-order valence-electron chi connectivity index (χ1n) is 11.1. The largest absolute Gasteiger partial charge is 0.492 e. The van der Waals surface area contributed by atoms with Gasteiger partial charge < -0.3 is 15.0 Å². The molecule has 0 aliphatic carbocycles. The lowest BCUT2D eigenvalue weighted by atomic mass is 9.96. The molecule has 0 bridgehead atoms. The molecule has 168 valence electrons. The lowest BCUT2D eigenvalue weighted by Crippen LogP contribution is -2.55. The summed E-state index contributed by atoms with van der Waals surface area (Å²) < 4.78 is 40.8. The molecule has 0 aromatic heterocycles. The van der Waals surface area contributed by atoms with E-state index in [1.165, 1.54) is 0 Å². The second-order valence-corrected chi connectivity index (χ2v) is 8.52. The first kappa shape index (κ1) is 21.7. The average molecular weight is 433 g/mol. The SMILES string of the molecule is CCNC1=[N+]=C(Nc2cc3c(c(C4=CCN(C)CCC4)c2F)OCC3)N(C)C(C)C1F. The van der Waals surface area contributed by atoms with Gasteiger partial charge in [0.25, 0.3) is 5.84 Å². The molecule has 3 aliphatic heterocycles. The van der Waals surface area contributed by atoms with Crippen LogP contribution in [0.25, 0.3) is 5.57 Å². The van der Waals surface area contributed by atoms with Crippen molar-refractivity contribution in [1.29, 1.82) is 0 Å². The Balaban J connectivity index is 1.77. The minimum absolute atomic E-state index is 0.273. The molecule has 1 aromatic carbocycles. The number of benzene rings is 1. The van der Waals surface area contributed by atoms with Crippen molar-refractivity contribution in [3.8, 4) is 5.75 Å². The van der Waals surface area contributed by atoms with Gasteiger partial charge in [0, 0.05) is 32.1 Å². The highest BCUT2D eigenvalue weighted by Gasteiger charge is 2.39. The molecule has 0 spiro atoms. The van der Waals surface area contributed by atoms with Crippen molar-refractivity contribution in [2.75, 3.05) is 45.7 Å². The summed E-state index contributed by atoms with van der Waals surface area (Å²) in [4.78, 5) is 3.95. The Morgan fingerprint density at radius 1 is 1.29 bits per heavy atom. The molecular formula is C23H32F2N5O+. The van der Waals surface area contributed by atoms with E-state index in [2.05, 4.69) is 33.3 Å². The van der Waals surface area contributed by atoms with Gasteiger partial charge in [0.1, 0.15) is 17.5 Å². The predicted octanol–water partition coefficient (Wildman–Crippen LogP) is 2.38. The maximum absolute atomic E-state index is 15.9. The second kappa shape index (κ2) is 8.89. The molecule has 31 heavy (non-hydrogen) atoms. The number of anilines is 1. The Kier molecular flexibility index (Phi) is 6.21. The highest BCUT2D eigenvalue weighted by molar-refractivity contribution is 6.01. The quantitative estimate of drug-likeness (QED) is 0.719. The van der Waals surface area contributed by atoms with Gasteiger partial charge in [0.2, 0.25) is 6.17 Å². The topological polar surface area (TPSA) is 53.9 Å². The van der Waals surface area contributed by atoms with Gasteiger partial charge in [-0.3, -0.25) is 4.90 Å². The van der Waals surface area contributed by atoms with Gasteiger partial charge in [0.05, 0.1) is 12.2 Å². The summed E-state index contributed by atoms with van der Waals surface area (Å²) in [7, 11) is 3.84. The van der Waals surface area contributed by atoms with Crippen LogP contribution in [0.4, 0.5) is 14.5 Å². The molecule has 0 saturated heterocycles. The van der Waals surface area contributed by atoms with Gasteiger partial charge in [-0.25, -0.2) is 18.8 Å². The number of allylic oxidation sites excluding steroid dienone is 1. The molecule has 0 fully saturated rings. The van der Waals surface area contributed by atoms with E-state index in [9.17, 15) is 4.39 Å². The van der Waals surface area contributed by atoms with Gasteiger partial charge in [-0.2, -0.15) is 0 Å². The molecule has 2 unspecified atom stereocenters. The Labute approximate surface area is 182 Å². The van der Waals surface area contributed by atoms with Crippen LogP contribution in [0, 0.1) is 5.82 Å². The van der Waals surface area contributed by atoms with Crippen molar-refractivity contribution < 1.29 is 13.5 Å². The number of alkyl halides is 1. The summed E-state index contributed by atoms with van der Waals surface area (Å²) in [6.45, 7) is 6.58. The van der Waals surface area contributed by atoms with Crippen molar-refractivity contribution in [2.45, 2.75) is 45.3 Å². The third-order valence-electron chi connectivity index (χ3n) is 6.33. The van der Waals surface area contributed by atoms with Crippen LogP contribution in [0.3, 0.4) is 0 Å². The lowest BCUT2D eigenvalue weighted by Gasteiger charge is -2.27. The zero-order valence-electron chi connectivity index (χ0n) is 18.8. The van der Waals surface area contributed by atoms with Crippen molar-refractivity contribution >= 4 is 23.1 Å². The molecule has 4 rings (SSSR count). The minimum atomic E-state index is -1.22. The minimum Gasteiger partial charge on any atom is -0.492 e. The lowest BCUT2D eigenvalue weighted by molar-refractivity contribution is 0.249. The fourth-order valence-electron chi connectivity index (χ4n) is 4.34. The monoisotopic (exact) mass is 432 g/mol. The Bertz CT molecular complexity index is 954. The fraction of sp³-hybridized carbons (Fsp3) is 0.565. The van der Waals surface area contributed by atoms with Gasteiger partial charge in [-0.1, -0.05) is 6.08 Å². The van der Waals surface area contributed by atoms with E-state index >= 15 is 4.39 Å². The number of guanidine groups is 1. The Morgan fingerprint density at radius 2 is 2.10 bits per heavy atom. The number of halogens is 2. The third kappa shape index (κ3) is 4.14.